The third kappa shape index (κ3) is 3.25. The number of nitrogens with zero attached hydrogens (tertiary/aromatic N) is 4. The highest BCUT2D eigenvalue weighted by molar-refractivity contribution is 8.00. The Bertz CT molecular complexity index is 1180. The molecule has 0 saturated carbocycles. The standard InChI is InChI=1S/C18H18N4O4S/c1-9-7-5-6-8-11(9)13-19-14-12(15(20-13)27-10(2)17(24)25)16(23)22(4)18(26)21(14)3/h5-8,10H,1-4H3,(H,24,25)/p-1/t10-/m1/s1. The molecule has 0 radical (unpaired) electrons. The van der Waals surface area contributed by atoms with Crippen molar-refractivity contribution in [2.24, 2.45) is 14.1 Å². The molecular formula is C18H17N4O4S-. The number of aliphatic carboxylic acids is 1. The number of aryl methyl sites for hydroxylation is 2. The fraction of sp³-hybridized carbons (Fsp3) is 0.278. The van der Waals surface area contributed by atoms with Crippen LogP contribution in [-0.2, 0) is 18.9 Å². The molecule has 0 fully saturated rings. The van der Waals surface area contributed by atoms with E-state index in [9.17, 15) is 19.5 Å². The molecule has 0 amide bonds. The number of aromatic nitrogens is 4. The van der Waals surface area contributed by atoms with Crippen molar-refractivity contribution in [2.45, 2.75) is 24.1 Å². The van der Waals surface area contributed by atoms with Gasteiger partial charge < -0.3 is 9.90 Å². The summed E-state index contributed by atoms with van der Waals surface area (Å²) in [7, 11) is 2.87. The number of carbonyl (C=O) groups excluding carboxylic acids is 1. The molecular weight excluding hydrogens is 368 g/mol. The van der Waals surface area contributed by atoms with Crippen molar-refractivity contribution in [3.63, 3.8) is 0 Å². The van der Waals surface area contributed by atoms with Gasteiger partial charge in [0.15, 0.2) is 11.5 Å². The van der Waals surface area contributed by atoms with E-state index in [1.807, 2.05) is 31.2 Å². The highest BCUT2D eigenvalue weighted by atomic mass is 32.2. The number of carbonyl (C=O) groups is 1. The number of hydrogen-bond donors (Lipinski definition) is 0. The summed E-state index contributed by atoms with van der Waals surface area (Å²) in [6.07, 6.45) is 0. The van der Waals surface area contributed by atoms with Crippen LogP contribution in [0.2, 0.25) is 0 Å². The van der Waals surface area contributed by atoms with Crippen molar-refractivity contribution in [1.82, 2.24) is 19.1 Å². The number of carboxylic acids is 1. The highest BCUT2D eigenvalue weighted by Gasteiger charge is 2.20. The highest BCUT2D eigenvalue weighted by Crippen LogP contribution is 2.29. The topological polar surface area (TPSA) is 110 Å². The molecule has 0 unspecified atom stereocenters. The van der Waals surface area contributed by atoms with Crippen LogP contribution in [0, 0.1) is 6.92 Å². The van der Waals surface area contributed by atoms with Gasteiger partial charge in [-0.1, -0.05) is 36.0 Å². The molecule has 0 saturated heterocycles. The number of carboxylic acid groups (broad SMARTS) is 1. The Balaban J connectivity index is 2.42. The molecule has 0 N–H and O–H groups in total. The van der Waals surface area contributed by atoms with Gasteiger partial charge in [0.2, 0.25) is 0 Å². The van der Waals surface area contributed by atoms with Gasteiger partial charge in [0.1, 0.15) is 10.4 Å². The SMILES string of the molecule is Cc1ccccc1-c1nc(S[C@H](C)C(=O)[O-])c2c(=O)n(C)c(=O)n(C)c2n1. The molecule has 3 aromatic rings. The summed E-state index contributed by atoms with van der Waals surface area (Å²) in [5.41, 5.74) is 0.706. The molecule has 27 heavy (non-hydrogen) atoms. The zero-order valence-corrected chi connectivity index (χ0v) is 16.0. The number of benzene rings is 1. The quantitative estimate of drug-likeness (QED) is 0.467. The molecule has 0 aliphatic heterocycles. The molecule has 0 aliphatic rings. The lowest BCUT2D eigenvalue weighted by atomic mass is 10.1. The summed E-state index contributed by atoms with van der Waals surface area (Å²) in [5, 5.41) is 10.6. The largest absolute Gasteiger partial charge is 0.549 e. The van der Waals surface area contributed by atoms with Gasteiger partial charge in [0.25, 0.3) is 5.56 Å². The maximum atomic E-state index is 12.7. The minimum Gasteiger partial charge on any atom is -0.549 e. The van der Waals surface area contributed by atoms with E-state index in [2.05, 4.69) is 9.97 Å². The van der Waals surface area contributed by atoms with Gasteiger partial charge >= 0.3 is 5.69 Å². The molecule has 1 atom stereocenters. The van der Waals surface area contributed by atoms with Crippen LogP contribution >= 0.6 is 11.8 Å². The Morgan fingerprint density at radius 2 is 1.81 bits per heavy atom. The van der Waals surface area contributed by atoms with Crippen LogP contribution in [0.4, 0.5) is 0 Å². The van der Waals surface area contributed by atoms with Crippen molar-refractivity contribution in [1.29, 1.82) is 0 Å². The lowest BCUT2D eigenvalue weighted by Crippen LogP contribution is -2.38. The van der Waals surface area contributed by atoms with E-state index in [-0.39, 0.29) is 16.1 Å². The fourth-order valence-corrected chi connectivity index (χ4v) is 3.54. The molecule has 0 spiro atoms. The van der Waals surface area contributed by atoms with E-state index in [1.54, 1.807) is 0 Å². The van der Waals surface area contributed by atoms with Gasteiger partial charge in [-0.25, -0.2) is 14.8 Å². The van der Waals surface area contributed by atoms with Crippen molar-refractivity contribution in [2.75, 3.05) is 0 Å². The van der Waals surface area contributed by atoms with Crippen molar-refractivity contribution >= 4 is 28.8 Å². The number of rotatable bonds is 4. The predicted molar refractivity (Wildman–Crippen MR) is 101 cm³/mol. The molecule has 3 rings (SSSR count). The third-order valence-corrected chi connectivity index (χ3v) is 5.34. The van der Waals surface area contributed by atoms with E-state index in [4.69, 9.17) is 0 Å². The molecule has 2 aromatic heterocycles. The second-order valence-corrected chi connectivity index (χ2v) is 7.48. The summed E-state index contributed by atoms with van der Waals surface area (Å²) in [6, 6.07) is 7.42. The first kappa shape index (κ1) is 18.8. The van der Waals surface area contributed by atoms with Crippen LogP contribution in [0.3, 0.4) is 0 Å². The van der Waals surface area contributed by atoms with Gasteiger partial charge in [-0.05, 0) is 19.4 Å². The van der Waals surface area contributed by atoms with E-state index in [1.165, 1.54) is 25.6 Å². The van der Waals surface area contributed by atoms with E-state index < -0.39 is 22.5 Å². The number of hydrogen-bond acceptors (Lipinski definition) is 7. The van der Waals surface area contributed by atoms with E-state index in [0.29, 0.717) is 5.82 Å². The molecule has 0 bridgehead atoms. The predicted octanol–water partition coefficient (Wildman–Crippen LogP) is 0.233. The van der Waals surface area contributed by atoms with Crippen molar-refractivity contribution in [3.8, 4) is 11.4 Å². The summed E-state index contributed by atoms with van der Waals surface area (Å²) in [5.74, 6) is -0.956. The average molecular weight is 385 g/mol. The van der Waals surface area contributed by atoms with E-state index >= 15 is 0 Å². The monoisotopic (exact) mass is 385 g/mol. The average Bonchev–Trinajstić information content (AvgIpc) is 2.64. The Morgan fingerprint density at radius 3 is 2.44 bits per heavy atom. The van der Waals surface area contributed by atoms with Gasteiger partial charge in [-0.15, -0.1) is 0 Å². The summed E-state index contributed by atoms with van der Waals surface area (Å²) in [4.78, 5) is 45.1. The maximum absolute atomic E-state index is 12.7. The molecule has 0 aliphatic carbocycles. The van der Waals surface area contributed by atoms with Gasteiger partial charge in [0, 0.05) is 24.9 Å². The van der Waals surface area contributed by atoms with Crippen LogP contribution in [-0.4, -0.2) is 30.3 Å². The summed E-state index contributed by atoms with van der Waals surface area (Å²) >= 11 is 0.891. The summed E-state index contributed by atoms with van der Waals surface area (Å²) < 4.78 is 2.21. The van der Waals surface area contributed by atoms with Crippen LogP contribution < -0.4 is 16.4 Å². The molecule has 9 heteroatoms. The normalized spacial score (nSPS) is 12.3. The second kappa shape index (κ2) is 6.99. The van der Waals surface area contributed by atoms with Crippen molar-refractivity contribution in [3.05, 3.63) is 50.7 Å². The number of fused-ring (bicyclic) bond motifs is 1. The van der Waals surface area contributed by atoms with Crippen LogP contribution in [0.25, 0.3) is 22.4 Å². The van der Waals surface area contributed by atoms with Crippen molar-refractivity contribution < 1.29 is 9.90 Å². The molecule has 2 heterocycles. The molecule has 8 nitrogen and oxygen atoms in total. The fourth-order valence-electron chi connectivity index (χ4n) is 2.67. The third-order valence-electron chi connectivity index (χ3n) is 4.27. The Labute approximate surface area is 158 Å². The minimum absolute atomic E-state index is 0.107. The van der Waals surface area contributed by atoms with Crippen LogP contribution in [0.1, 0.15) is 12.5 Å². The summed E-state index contributed by atoms with van der Waals surface area (Å²) in [6.45, 7) is 3.34. The first-order valence-corrected chi connectivity index (χ1v) is 9.01. The lowest BCUT2D eigenvalue weighted by molar-refractivity contribution is -0.304. The van der Waals surface area contributed by atoms with Gasteiger partial charge in [-0.3, -0.25) is 13.9 Å². The first-order valence-electron chi connectivity index (χ1n) is 8.13. The maximum Gasteiger partial charge on any atom is 0.332 e. The Kier molecular flexibility index (Phi) is 4.88. The zero-order valence-electron chi connectivity index (χ0n) is 15.2. The van der Waals surface area contributed by atoms with Crippen LogP contribution in [0.15, 0.2) is 38.9 Å². The van der Waals surface area contributed by atoms with Crippen LogP contribution in [0.5, 0.6) is 0 Å². The second-order valence-electron chi connectivity index (χ2n) is 6.15. The lowest BCUT2D eigenvalue weighted by Gasteiger charge is -2.16. The zero-order chi connectivity index (χ0) is 19.9. The molecule has 140 valence electrons. The van der Waals surface area contributed by atoms with Gasteiger partial charge in [0.05, 0.1) is 5.97 Å². The smallest absolute Gasteiger partial charge is 0.332 e. The van der Waals surface area contributed by atoms with E-state index in [0.717, 1.165) is 27.5 Å². The Hall–Kier alpha value is -2.94. The first-order chi connectivity index (χ1) is 12.7. The molecule has 1 aromatic carbocycles. The minimum atomic E-state index is -1.27. The Morgan fingerprint density at radius 1 is 1.15 bits per heavy atom. The number of thioether (sulfide) groups is 1. The van der Waals surface area contributed by atoms with Gasteiger partial charge in [-0.2, -0.15) is 0 Å².